The molecule has 0 aliphatic carbocycles. The van der Waals surface area contributed by atoms with Gasteiger partial charge in [-0.05, 0) is 38.1 Å². The lowest BCUT2D eigenvalue weighted by Crippen LogP contribution is -2.25. The summed E-state index contributed by atoms with van der Waals surface area (Å²) in [6.45, 7) is 3.79. The van der Waals surface area contributed by atoms with Gasteiger partial charge in [0.25, 0.3) is 0 Å². The Bertz CT molecular complexity index is 489. The quantitative estimate of drug-likeness (QED) is 0.610. The topological polar surface area (TPSA) is 12.5 Å². The number of hydrogen-bond acceptors (Lipinski definition) is 2. The van der Waals surface area contributed by atoms with E-state index in [1.54, 1.807) is 12.1 Å². The van der Waals surface area contributed by atoms with Crippen LogP contribution in [-0.4, -0.2) is 37.0 Å². The molecule has 1 aliphatic heterocycles. The first-order chi connectivity index (χ1) is 9.79. The van der Waals surface area contributed by atoms with Gasteiger partial charge in [0.2, 0.25) is 0 Å². The van der Waals surface area contributed by atoms with Crippen LogP contribution in [0.5, 0.6) is 5.75 Å². The van der Waals surface area contributed by atoms with Crippen LogP contribution in [0.2, 0.25) is 0 Å². The molecular weight excluding hydrogens is 277 g/mol. The third-order valence-electron chi connectivity index (χ3n) is 3.26. The van der Waals surface area contributed by atoms with Crippen molar-refractivity contribution in [1.82, 2.24) is 4.90 Å². The van der Waals surface area contributed by atoms with Gasteiger partial charge in [-0.15, -0.1) is 11.6 Å². The van der Waals surface area contributed by atoms with Gasteiger partial charge in [0, 0.05) is 24.9 Å². The number of hydrogen-bond donors (Lipinski definition) is 0. The van der Waals surface area contributed by atoms with Crippen molar-refractivity contribution < 1.29 is 9.13 Å². The van der Waals surface area contributed by atoms with E-state index in [9.17, 15) is 4.39 Å². The molecule has 1 aliphatic rings. The van der Waals surface area contributed by atoms with Crippen LogP contribution in [0.4, 0.5) is 4.39 Å². The second kappa shape index (κ2) is 8.14. The Balaban J connectivity index is 1.83. The Morgan fingerprint density at radius 1 is 1.30 bits per heavy atom. The molecule has 2 nitrogen and oxygen atoms in total. The van der Waals surface area contributed by atoms with E-state index in [4.69, 9.17) is 16.3 Å². The van der Waals surface area contributed by atoms with Crippen molar-refractivity contribution in [2.24, 2.45) is 0 Å². The van der Waals surface area contributed by atoms with Crippen molar-refractivity contribution in [3.05, 3.63) is 29.6 Å². The highest BCUT2D eigenvalue weighted by Crippen LogP contribution is 2.16. The van der Waals surface area contributed by atoms with Crippen molar-refractivity contribution >= 4 is 11.6 Å². The third-order valence-corrected chi connectivity index (χ3v) is 3.45. The van der Waals surface area contributed by atoms with Gasteiger partial charge in [-0.1, -0.05) is 11.8 Å². The smallest absolute Gasteiger partial charge is 0.142 e. The van der Waals surface area contributed by atoms with Crippen LogP contribution in [0.25, 0.3) is 0 Å². The molecule has 1 fully saturated rings. The van der Waals surface area contributed by atoms with Crippen LogP contribution in [0.3, 0.4) is 0 Å². The highest BCUT2D eigenvalue weighted by atomic mass is 35.5. The molecule has 2 rings (SSSR count). The standard InChI is InChI=1S/C16H19ClFNO/c17-8-2-1-5-14-6-7-15(13-16(14)18)20-12-11-19-9-3-4-10-19/h6-7,13H,2-4,8-12H2. The van der Waals surface area contributed by atoms with E-state index in [0.717, 1.165) is 19.6 Å². The maximum Gasteiger partial charge on any atom is 0.142 e. The summed E-state index contributed by atoms with van der Waals surface area (Å²) in [5.74, 6) is 6.27. The molecule has 1 aromatic rings. The minimum Gasteiger partial charge on any atom is -0.492 e. The Morgan fingerprint density at radius 2 is 2.10 bits per heavy atom. The number of likely N-dealkylation sites (tertiary alicyclic amines) is 1. The molecule has 108 valence electrons. The van der Waals surface area contributed by atoms with E-state index in [1.807, 2.05) is 0 Å². The van der Waals surface area contributed by atoms with Crippen molar-refractivity contribution in [1.29, 1.82) is 0 Å². The molecule has 0 bridgehead atoms. The summed E-state index contributed by atoms with van der Waals surface area (Å²) in [7, 11) is 0. The second-order valence-corrected chi connectivity index (χ2v) is 5.16. The number of ether oxygens (including phenoxy) is 1. The van der Waals surface area contributed by atoms with Gasteiger partial charge in [-0.25, -0.2) is 4.39 Å². The molecule has 0 unspecified atom stereocenters. The zero-order valence-electron chi connectivity index (χ0n) is 11.5. The molecule has 0 aromatic heterocycles. The van der Waals surface area contributed by atoms with E-state index in [2.05, 4.69) is 16.7 Å². The molecule has 1 saturated heterocycles. The summed E-state index contributed by atoms with van der Waals surface area (Å²) in [5, 5.41) is 0. The third kappa shape index (κ3) is 4.70. The van der Waals surface area contributed by atoms with Crippen LogP contribution in [0.1, 0.15) is 24.8 Å². The largest absolute Gasteiger partial charge is 0.492 e. The molecule has 0 N–H and O–H groups in total. The second-order valence-electron chi connectivity index (χ2n) is 4.78. The summed E-state index contributed by atoms with van der Waals surface area (Å²) in [4.78, 5) is 2.36. The van der Waals surface area contributed by atoms with Gasteiger partial charge in [-0.3, -0.25) is 4.90 Å². The molecule has 4 heteroatoms. The molecule has 0 amide bonds. The summed E-state index contributed by atoms with van der Waals surface area (Å²) in [6.07, 6.45) is 3.10. The summed E-state index contributed by atoms with van der Waals surface area (Å²) in [6, 6.07) is 4.81. The fraction of sp³-hybridized carbons (Fsp3) is 0.500. The minimum atomic E-state index is -0.342. The van der Waals surface area contributed by atoms with E-state index in [-0.39, 0.29) is 5.82 Å². The van der Waals surface area contributed by atoms with E-state index in [0.29, 0.717) is 30.2 Å². The molecule has 1 aromatic carbocycles. The van der Waals surface area contributed by atoms with Gasteiger partial charge in [-0.2, -0.15) is 0 Å². The van der Waals surface area contributed by atoms with Gasteiger partial charge >= 0.3 is 0 Å². The highest BCUT2D eigenvalue weighted by molar-refractivity contribution is 6.18. The Hall–Kier alpha value is -1.24. The van der Waals surface area contributed by atoms with E-state index in [1.165, 1.54) is 18.9 Å². The summed E-state index contributed by atoms with van der Waals surface area (Å²) < 4.78 is 19.4. The van der Waals surface area contributed by atoms with Gasteiger partial charge in [0.05, 0.1) is 5.56 Å². The van der Waals surface area contributed by atoms with Crippen molar-refractivity contribution in [2.45, 2.75) is 19.3 Å². The maximum atomic E-state index is 13.8. The van der Waals surface area contributed by atoms with Crippen LogP contribution in [-0.2, 0) is 0 Å². The maximum absolute atomic E-state index is 13.8. The number of rotatable bonds is 5. The molecule has 0 radical (unpaired) electrons. The Labute approximate surface area is 124 Å². The minimum absolute atomic E-state index is 0.342. The molecule has 0 atom stereocenters. The van der Waals surface area contributed by atoms with Crippen LogP contribution in [0.15, 0.2) is 18.2 Å². The van der Waals surface area contributed by atoms with E-state index < -0.39 is 0 Å². The lowest BCUT2D eigenvalue weighted by molar-refractivity contribution is 0.237. The zero-order chi connectivity index (χ0) is 14.2. The van der Waals surface area contributed by atoms with Gasteiger partial charge < -0.3 is 4.74 Å². The fourth-order valence-corrected chi connectivity index (χ4v) is 2.29. The van der Waals surface area contributed by atoms with Crippen molar-refractivity contribution in [3.63, 3.8) is 0 Å². The number of halogens is 2. The Kier molecular flexibility index (Phi) is 6.17. The van der Waals surface area contributed by atoms with Crippen LogP contribution >= 0.6 is 11.6 Å². The predicted octanol–water partition coefficient (Wildman–Crippen LogP) is 3.28. The lowest BCUT2D eigenvalue weighted by atomic mass is 10.2. The molecule has 0 saturated carbocycles. The van der Waals surface area contributed by atoms with Gasteiger partial charge in [0.1, 0.15) is 18.2 Å². The molecular formula is C16H19ClFNO. The van der Waals surface area contributed by atoms with Crippen LogP contribution in [0, 0.1) is 17.7 Å². The fourth-order valence-electron chi connectivity index (χ4n) is 2.19. The van der Waals surface area contributed by atoms with Crippen LogP contribution < -0.4 is 4.74 Å². The average molecular weight is 296 g/mol. The lowest BCUT2D eigenvalue weighted by Gasteiger charge is -2.14. The summed E-state index contributed by atoms with van der Waals surface area (Å²) in [5.41, 5.74) is 0.391. The molecule has 0 spiro atoms. The first-order valence-electron chi connectivity index (χ1n) is 6.99. The number of alkyl halides is 1. The van der Waals surface area contributed by atoms with Crippen molar-refractivity contribution in [2.75, 3.05) is 32.1 Å². The highest BCUT2D eigenvalue weighted by Gasteiger charge is 2.11. The normalized spacial score (nSPS) is 14.9. The predicted molar refractivity (Wildman–Crippen MR) is 79.8 cm³/mol. The Morgan fingerprint density at radius 3 is 2.80 bits per heavy atom. The summed E-state index contributed by atoms with van der Waals surface area (Å²) >= 11 is 5.52. The van der Waals surface area contributed by atoms with E-state index >= 15 is 0 Å². The first-order valence-corrected chi connectivity index (χ1v) is 7.52. The average Bonchev–Trinajstić information content (AvgIpc) is 2.95. The number of nitrogens with zero attached hydrogens (tertiary/aromatic N) is 1. The first kappa shape index (κ1) is 15.2. The zero-order valence-corrected chi connectivity index (χ0v) is 12.3. The van der Waals surface area contributed by atoms with Gasteiger partial charge in [0.15, 0.2) is 0 Å². The van der Waals surface area contributed by atoms with Crippen molar-refractivity contribution in [3.8, 4) is 17.6 Å². The number of benzene rings is 1. The molecule has 20 heavy (non-hydrogen) atoms. The SMILES string of the molecule is Fc1cc(OCCN2CCCC2)ccc1C#CCCCl. The molecule has 1 heterocycles. The monoisotopic (exact) mass is 295 g/mol.